The lowest BCUT2D eigenvalue weighted by Gasteiger charge is -2.34. The van der Waals surface area contributed by atoms with E-state index in [0.29, 0.717) is 48.1 Å². The number of nitrogens with zero attached hydrogens (tertiary/aromatic N) is 4. The molecular formula is C19H17ClN4O4S. The van der Waals surface area contributed by atoms with E-state index in [0.717, 1.165) is 5.56 Å². The Kier molecular flexibility index (Phi) is 5.86. The van der Waals surface area contributed by atoms with Gasteiger partial charge >= 0.3 is 0 Å². The number of amides is 2. The molecule has 1 saturated heterocycles. The van der Waals surface area contributed by atoms with Crippen molar-refractivity contribution >= 4 is 35.2 Å². The zero-order chi connectivity index (χ0) is 20.2. The van der Waals surface area contributed by atoms with Gasteiger partial charge in [-0.3, -0.25) is 9.59 Å². The number of hydrogen-bond acceptors (Lipinski definition) is 7. The van der Waals surface area contributed by atoms with Gasteiger partial charge in [-0.25, -0.2) is 0 Å². The van der Waals surface area contributed by atoms with Gasteiger partial charge in [0.05, 0.1) is 12.0 Å². The highest BCUT2D eigenvalue weighted by atomic mass is 35.5. The SMILES string of the molecule is O=C(CSc1nnc(-c2ccc(Cl)cc2)o1)N1CCN(C(=O)c2ccco2)CC1. The van der Waals surface area contributed by atoms with Crippen molar-refractivity contribution in [3.8, 4) is 11.5 Å². The molecule has 0 aliphatic carbocycles. The predicted octanol–water partition coefficient (Wildman–Crippen LogP) is 3.06. The average Bonchev–Trinajstić information content (AvgIpc) is 3.44. The van der Waals surface area contributed by atoms with Gasteiger partial charge < -0.3 is 18.6 Å². The Morgan fingerprint density at radius 2 is 1.76 bits per heavy atom. The minimum absolute atomic E-state index is 0.0358. The van der Waals surface area contributed by atoms with Gasteiger partial charge in [0, 0.05) is 36.8 Å². The van der Waals surface area contributed by atoms with E-state index < -0.39 is 0 Å². The predicted molar refractivity (Wildman–Crippen MR) is 107 cm³/mol. The van der Waals surface area contributed by atoms with Crippen LogP contribution in [-0.4, -0.2) is 63.7 Å². The van der Waals surface area contributed by atoms with Gasteiger partial charge in [0.15, 0.2) is 5.76 Å². The molecule has 1 aliphatic heterocycles. The molecule has 1 aromatic carbocycles. The summed E-state index contributed by atoms with van der Waals surface area (Å²) in [5.74, 6) is 0.687. The van der Waals surface area contributed by atoms with Gasteiger partial charge in [0.1, 0.15) is 0 Å². The van der Waals surface area contributed by atoms with Crippen LogP contribution in [0.1, 0.15) is 10.6 Å². The van der Waals surface area contributed by atoms with Crippen LogP contribution in [0.5, 0.6) is 0 Å². The fourth-order valence-corrected chi connectivity index (χ4v) is 3.70. The number of thioether (sulfide) groups is 1. The van der Waals surface area contributed by atoms with E-state index >= 15 is 0 Å². The number of benzene rings is 1. The zero-order valence-electron chi connectivity index (χ0n) is 15.3. The summed E-state index contributed by atoms with van der Waals surface area (Å²) in [7, 11) is 0. The van der Waals surface area contributed by atoms with E-state index in [1.165, 1.54) is 18.0 Å². The minimum Gasteiger partial charge on any atom is -0.459 e. The number of rotatable bonds is 5. The van der Waals surface area contributed by atoms with Gasteiger partial charge in [-0.05, 0) is 36.4 Å². The Bertz CT molecular complexity index is 982. The molecule has 0 unspecified atom stereocenters. The minimum atomic E-state index is -0.155. The smallest absolute Gasteiger partial charge is 0.289 e. The number of piperazine rings is 1. The third kappa shape index (κ3) is 4.63. The quantitative estimate of drug-likeness (QED) is 0.572. The van der Waals surface area contributed by atoms with E-state index in [1.807, 2.05) is 0 Å². The molecular weight excluding hydrogens is 416 g/mol. The number of furan rings is 1. The summed E-state index contributed by atoms with van der Waals surface area (Å²) >= 11 is 7.07. The second kappa shape index (κ2) is 8.71. The molecule has 3 heterocycles. The number of halogens is 1. The Balaban J connectivity index is 1.26. The molecule has 0 N–H and O–H groups in total. The maximum absolute atomic E-state index is 12.5. The van der Waals surface area contributed by atoms with Crippen molar-refractivity contribution in [3.05, 3.63) is 53.4 Å². The summed E-state index contributed by atoms with van der Waals surface area (Å²) < 4.78 is 10.7. The molecule has 8 nitrogen and oxygen atoms in total. The first-order valence-corrected chi connectivity index (χ1v) is 10.3. The van der Waals surface area contributed by atoms with Crippen molar-refractivity contribution in [2.45, 2.75) is 5.22 Å². The van der Waals surface area contributed by atoms with Crippen molar-refractivity contribution in [2.24, 2.45) is 0 Å². The molecule has 2 amide bonds. The van der Waals surface area contributed by atoms with E-state index in [9.17, 15) is 9.59 Å². The Hall–Kier alpha value is -2.78. The Morgan fingerprint density at radius 1 is 1.03 bits per heavy atom. The molecule has 3 aromatic rings. The van der Waals surface area contributed by atoms with Crippen molar-refractivity contribution in [3.63, 3.8) is 0 Å². The van der Waals surface area contributed by atoms with Crippen LogP contribution in [0.2, 0.25) is 5.02 Å². The van der Waals surface area contributed by atoms with Crippen LogP contribution >= 0.6 is 23.4 Å². The first kappa shape index (κ1) is 19.5. The molecule has 1 aliphatic rings. The zero-order valence-corrected chi connectivity index (χ0v) is 16.9. The topological polar surface area (TPSA) is 92.7 Å². The second-order valence-electron chi connectivity index (χ2n) is 6.32. The van der Waals surface area contributed by atoms with Crippen LogP contribution in [0.3, 0.4) is 0 Å². The third-order valence-electron chi connectivity index (χ3n) is 4.47. The molecule has 29 heavy (non-hydrogen) atoms. The fraction of sp³-hybridized carbons (Fsp3) is 0.263. The fourth-order valence-electron chi connectivity index (χ4n) is 2.91. The highest BCUT2D eigenvalue weighted by molar-refractivity contribution is 7.99. The summed E-state index contributed by atoms with van der Waals surface area (Å²) in [4.78, 5) is 28.2. The number of carbonyl (C=O) groups is 2. The lowest BCUT2D eigenvalue weighted by molar-refractivity contribution is -0.129. The Labute approximate surface area is 175 Å². The highest BCUT2D eigenvalue weighted by Crippen LogP contribution is 2.24. The van der Waals surface area contributed by atoms with Crippen LogP contribution in [0, 0.1) is 0 Å². The molecule has 4 rings (SSSR count). The second-order valence-corrected chi connectivity index (χ2v) is 7.68. The van der Waals surface area contributed by atoms with Gasteiger partial charge in [0.2, 0.25) is 11.8 Å². The highest BCUT2D eigenvalue weighted by Gasteiger charge is 2.26. The summed E-state index contributed by atoms with van der Waals surface area (Å²) in [6, 6.07) is 10.4. The Morgan fingerprint density at radius 3 is 2.45 bits per heavy atom. The summed E-state index contributed by atoms with van der Waals surface area (Å²) in [5.41, 5.74) is 0.762. The van der Waals surface area contributed by atoms with Crippen LogP contribution in [0.4, 0.5) is 0 Å². The number of hydrogen-bond donors (Lipinski definition) is 0. The van der Waals surface area contributed by atoms with Crippen molar-refractivity contribution in [1.82, 2.24) is 20.0 Å². The van der Waals surface area contributed by atoms with E-state index in [2.05, 4.69) is 10.2 Å². The van der Waals surface area contributed by atoms with Gasteiger partial charge in [-0.2, -0.15) is 0 Å². The van der Waals surface area contributed by atoms with Gasteiger partial charge in [0.25, 0.3) is 11.1 Å². The maximum Gasteiger partial charge on any atom is 0.289 e. The molecule has 150 valence electrons. The number of aromatic nitrogens is 2. The van der Waals surface area contributed by atoms with Crippen LogP contribution in [0.25, 0.3) is 11.5 Å². The first-order chi connectivity index (χ1) is 14.1. The van der Waals surface area contributed by atoms with E-state index in [1.54, 1.807) is 46.2 Å². The molecule has 1 fully saturated rings. The third-order valence-corrected chi connectivity index (χ3v) is 5.52. The van der Waals surface area contributed by atoms with Crippen molar-refractivity contribution in [1.29, 1.82) is 0 Å². The lowest BCUT2D eigenvalue weighted by Crippen LogP contribution is -2.51. The maximum atomic E-state index is 12.5. The molecule has 0 atom stereocenters. The molecule has 0 saturated carbocycles. The van der Waals surface area contributed by atoms with Gasteiger partial charge in [-0.15, -0.1) is 10.2 Å². The van der Waals surface area contributed by atoms with E-state index in [4.69, 9.17) is 20.4 Å². The van der Waals surface area contributed by atoms with Crippen molar-refractivity contribution < 1.29 is 18.4 Å². The number of carbonyl (C=O) groups excluding carboxylic acids is 2. The van der Waals surface area contributed by atoms with Gasteiger partial charge in [-0.1, -0.05) is 23.4 Å². The van der Waals surface area contributed by atoms with Crippen LogP contribution in [0.15, 0.2) is 56.7 Å². The normalized spacial score (nSPS) is 14.2. The summed E-state index contributed by atoms with van der Waals surface area (Å²) in [5, 5.41) is 8.93. The molecule has 0 spiro atoms. The summed E-state index contributed by atoms with van der Waals surface area (Å²) in [6.45, 7) is 1.89. The average molecular weight is 433 g/mol. The molecule has 0 bridgehead atoms. The van der Waals surface area contributed by atoms with Crippen molar-refractivity contribution in [2.75, 3.05) is 31.9 Å². The van der Waals surface area contributed by atoms with Crippen LogP contribution < -0.4 is 0 Å². The molecule has 0 radical (unpaired) electrons. The lowest BCUT2D eigenvalue weighted by atomic mass is 10.2. The van der Waals surface area contributed by atoms with Crippen LogP contribution in [-0.2, 0) is 4.79 Å². The summed E-state index contributed by atoms with van der Waals surface area (Å²) in [6.07, 6.45) is 1.47. The van der Waals surface area contributed by atoms with E-state index in [-0.39, 0.29) is 17.6 Å². The molecule has 2 aromatic heterocycles. The first-order valence-electron chi connectivity index (χ1n) is 8.93. The largest absolute Gasteiger partial charge is 0.459 e. The monoisotopic (exact) mass is 432 g/mol. The molecule has 10 heteroatoms. The standard InChI is InChI=1S/C19H17ClN4O4S/c20-14-5-3-13(4-6-14)17-21-22-19(28-17)29-12-16(25)23-7-9-24(10-8-23)18(26)15-2-1-11-27-15/h1-6,11H,7-10,12H2.